The molecule has 3 nitrogen and oxygen atoms in total. The molecule has 0 saturated carbocycles. The highest BCUT2D eigenvalue weighted by atomic mass is 35.5. The molecule has 0 aromatic rings. The van der Waals surface area contributed by atoms with Crippen molar-refractivity contribution in [2.45, 2.75) is 51.7 Å². The fourth-order valence-corrected chi connectivity index (χ4v) is 1.90. The highest BCUT2D eigenvalue weighted by Gasteiger charge is 2.22. The van der Waals surface area contributed by atoms with Crippen LogP contribution in [-0.4, -0.2) is 29.0 Å². The SMILES string of the molecule is C=CCCC(C)CC(NC(=O)CC)[C@H](O)CCl. The molecule has 0 saturated heterocycles. The molecular weight excluding hydrogens is 238 g/mol. The first-order chi connectivity index (χ1) is 8.04. The molecule has 1 amide bonds. The Labute approximate surface area is 109 Å². The van der Waals surface area contributed by atoms with Crippen LogP contribution in [0, 0.1) is 5.92 Å². The van der Waals surface area contributed by atoms with E-state index in [9.17, 15) is 9.90 Å². The third-order valence-electron chi connectivity index (χ3n) is 2.81. The molecule has 3 atom stereocenters. The number of carbonyl (C=O) groups is 1. The van der Waals surface area contributed by atoms with Gasteiger partial charge in [0.25, 0.3) is 0 Å². The Morgan fingerprint density at radius 3 is 2.71 bits per heavy atom. The van der Waals surface area contributed by atoms with Crippen LogP contribution in [0.3, 0.4) is 0 Å². The number of aliphatic hydroxyl groups excluding tert-OH is 1. The number of halogens is 1. The number of carbonyl (C=O) groups excluding carboxylic acids is 1. The molecule has 0 radical (unpaired) electrons. The molecule has 0 aromatic heterocycles. The Kier molecular flexibility index (Phi) is 9.18. The van der Waals surface area contributed by atoms with Gasteiger partial charge < -0.3 is 10.4 Å². The standard InChI is InChI=1S/C13H24ClNO2/c1-4-6-7-10(3)8-11(12(16)9-14)15-13(17)5-2/h4,10-12,16H,1,5-9H2,2-3H3,(H,15,17)/t10?,11?,12-/m1/s1. The molecule has 17 heavy (non-hydrogen) atoms. The number of rotatable bonds is 9. The average molecular weight is 262 g/mol. The van der Waals surface area contributed by atoms with Crippen molar-refractivity contribution < 1.29 is 9.90 Å². The van der Waals surface area contributed by atoms with Crippen molar-refractivity contribution in [3.05, 3.63) is 12.7 Å². The van der Waals surface area contributed by atoms with Crippen molar-refractivity contribution in [2.24, 2.45) is 5.92 Å². The maximum atomic E-state index is 11.4. The molecule has 0 rings (SSSR count). The first kappa shape index (κ1) is 16.5. The van der Waals surface area contributed by atoms with Gasteiger partial charge >= 0.3 is 0 Å². The molecule has 2 unspecified atom stereocenters. The number of allylic oxidation sites excluding steroid dienone is 1. The second-order valence-corrected chi connectivity index (χ2v) is 4.76. The summed E-state index contributed by atoms with van der Waals surface area (Å²) in [6.07, 6.45) is 4.33. The van der Waals surface area contributed by atoms with Gasteiger partial charge in [-0.15, -0.1) is 18.2 Å². The third-order valence-corrected chi connectivity index (χ3v) is 3.13. The second kappa shape index (κ2) is 9.49. The summed E-state index contributed by atoms with van der Waals surface area (Å²) in [5.41, 5.74) is 0. The van der Waals surface area contributed by atoms with Gasteiger partial charge in [0.05, 0.1) is 18.0 Å². The molecule has 0 aliphatic heterocycles. The molecule has 0 fully saturated rings. The van der Waals surface area contributed by atoms with Crippen molar-refractivity contribution in [1.29, 1.82) is 0 Å². The van der Waals surface area contributed by atoms with Crippen molar-refractivity contribution in [3.8, 4) is 0 Å². The zero-order chi connectivity index (χ0) is 13.3. The smallest absolute Gasteiger partial charge is 0.220 e. The Hall–Kier alpha value is -0.540. The van der Waals surface area contributed by atoms with Crippen LogP contribution in [0.1, 0.15) is 39.5 Å². The van der Waals surface area contributed by atoms with Gasteiger partial charge in [-0.05, 0) is 25.2 Å². The minimum absolute atomic E-state index is 0.0462. The van der Waals surface area contributed by atoms with Crippen molar-refractivity contribution in [1.82, 2.24) is 5.32 Å². The molecule has 0 spiro atoms. The van der Waals surface area contributed by atoms with E-state index in [1.54, 1.807) is 6.92 Å². The molecule has 2 N–H and O–H groups in total. The fourth-order valence-electron chi connectivity index (χ4n) is 1.68. The minimum Gasteiger partial charge on any atom is -0.390 e. The van der Waals surface area contributed by atoms with Gasteiger partial charge in [0.2, 0.25) is 5.91 Å². The van der Waals surface area contributed by atoms with Gasteiger partial charge in [-0.3, -0.25) is 4.79 Å². The van der Waals surface area contributed by atoms with Gasteiger partial charge in [-0.2, -0.15) is 0 Å². The summed E-state index contributed by atoms with van der Waals surface area (Å²) in [5, 5.41) is 12.6. The molecule has 4 heteroatoms. The maximum Gasteiger partial charge on any atom is 0.220 e. The van der Waals surface area contributed by atoms with Crippen LogP contribution in [-0.2, 0) is 4.79 Å². The molecular formula is C13H24ClNO2. The fraction of sp³-hybridized carbons (Fsp3) is 0.769. The van der Waals surface area contributed by atoms with Crippen LogP contribution in [0.2, 0.25) is 0 Å². The molecule has 100 valence electrons. The van der Waals surface area contributed by atoms with Crippen LogP contribution < -0.4 is 5.32 Å². The summed E-state index contributed by atoms with van der Waals surface area (Å²) < 4.78 is 0. The zero-order valence-corrected chi connectivity index (χ0v) is 11.5. The summed E-state index contributed by atoms with van der Waals surface area (Å²) in [6, 6.07) is -0.250. The predicted molar refractivity (Wildman–Crippen MR) is 72.2 cm³/mol. The van der Waals surface area contributed by atoms with Crippen LogP contribution in [0.25, 0.3) is 0 Å². The van der Waals surface area contributed by atoms with E-state index in [0.29, 0.717) is 12.3 Å². The Balaban J connectivity index is 4.26. The highest BCUT2D eigenvalue weighted by Crippen LogP contribution is 2.16. The van der Waals surface area contributed by atoms with Crippen molar-refractivity contribution >= 4 is 17.5 Å². The van der Waals surface area contributed by atoms with Gasteiger partial charge in [0.15, 0.2) is 0 Å². The van der Waals surface area contributed by atoms with Crippen molar-refractivity contribution in [2.75, 3.05) is 5.88 Å². The Morgan fingerprint density at radius 2 is 2.24 bits per heavy atom. The van der Waals surface area contributed by atoms with Crippen molar-refractivity contribution in [3.63, 3.8) is 0 Å². The maximum absolute atomic E-state index is 11.4. The third kappa shape index (κ3) is 7.40. The average Bonchev–Trinajstić information content (AvgIpc) is 2.34. The first-order valence-corrected chi connectivity index (χ1v) is 6.72. The summed E-state index contributed by atoms with van der Waals surface area (Å²) in [5.74, 6) is 0.520. The number of amides is 1. The Bertz CT molecular complexity index is 233. The lowest BCUT2D eigenvalue weighted by molar-refractivity contribution is -0.122. The number of hydrogen-bond acceptors (Lipinski definition) is 2. The van der Waals surface area contributed by atoms with E-state index in [4.69, 9.17) is 11.6 Å². The molecule has 0 bridgehead atoms. The largest absolute Gasteiger partial charge is 0.390 e. The van der Waals surface area contributed by atoms with Crippen LogP contribution in [0.5, 0.6) is 0 Å². The second-order valence-electron chi connectivity index (χ2n) is 4.46. The monoisotopic (exact) mass is 261 g/mol. The van der Waals surface area contributed by atoms with E-state index >= 15 is 0 Å². The lowest BCUT2D eigenvalue weighted by Gasteiger charge is -2.25. The number of nitrogens with one attached hydrogen (secondary N) is 1. The normalized spacial score (nSPS) is 16.0. The predicted octanol–water partition coefficient (Wildman–Crippen LogP) is 2.47. The quantitative estimate of drug-likeness (QED) is 0.495. The van der Waals surface area contributed by atoms with Gasteiger partial charge in [0, 0.05) is 6.42 Å². The van der Waals surface area contributed by atoms with Gasteiger partial charge in [-0.25, -0.2) is 0 Å². The van der Waals surface area contributed by atoms with Gasteiger partial charge in [0.1, 0.15) is 0 Å². The van der Waals surface area contributed by atoms with Crippen LogP contribution in [0.4, 0.5) is 0 Å². The molecule has 0 aromatic carbocycles. The number of aliphatic hydroxyl groups is 1. The van der Waals surface area contributed by atoms with E-state index in [2.05, 4.69) is 18.8 Å². The van der Waals surface area contributed by atoms with E-state index in [1.807, 2.05) is 6.08 Å². The lowest BCUT2D eigenvalue weighted by atomic mass is 9.94. The molecule has 0 aliphatic rings. The zero-order valence-electron chi connectivity index (χ0n) is 10.8. The number of alkyl halides is 1. The summed E-state index contributed by atoms with van der Waals surface area (Å²) in [6.45, 7) is 7.58. The van der Waals surface area contributed by atoms with E-state index in [0.717, 1.165) is 19.3 Å². The first-order valence-electron chi connectivity index (χ1n) is 6.19. The van der Waals surface area contributed by atoms with Crippen LogP contribution >= 0.6 is 11.6 Å². The molecule has 0 heterocycles. The summed E-state index contributed by atoms with van der Waals surface area (Å²) in [7, 11) is 0. The highest BCUT2D eigenvalue weighted by molar-refractivity contribution is 6.18. The number of hydrogen-bond donors (Lipinski definition) is 2. The van der Waals surface area contributed by atoms with Crippen LogP contribution in [0.15, 0.2) is 12.7 Å². The topological polar surface area (TPSA) is 49.3 Å². The van der Waals surface area contributed by atoms with E-state index in [-0.39, 0.29) is 17.8 Å². The minimum atomic E-state index is -0.682. The van der Waals surface area contributed by atoms with Gasteiger partial charge in [-0.1, -0.05) is 19.9 Å². The Morgan fingerprint density at radius 1 is 1.59 bits per heavy atom. The lowest BCUT2D eigenvalue weighted by Crippen LogP contribution is -2.44. The van der Waals surface area contributed by atoms with E-state index in [1.165, 1.54) is 0 Å². The van der Waals surface area contributed by atoms with E-state index < -0.39 is 6.10 Å². The summed E-state index contributed by atoms with van der Waals surface area (Å²) >= 11 is 5.64. The molecule has 0 aliphatic carbocycles. The summed E-state index contributed by atoms with van der Waals surface area (Å²) in [4.78, 5) is 11.4.